The molecule has 2 nitrogen and oxygen atoms in total. The molecule has 1 aromatic carbocycles. The van der Waals surface area contributed by atoms with Gasteiger partial charge < -0.3 is 10.2 Å². The topological polar surface area (TPSA) is 15.3 Å². The summed E-state index contributed by atoms with van der Waals surface area (Å²) in [5.41, 5.74) is -0.259. The van der Waals surface area contributed by atoms with E-state index in [9.17, 15) is 13.2 Å². The van der Waals surface area contributed by atoms with Crippen LogP contribution in [0, 0.1) is 5.92 Å². The van der Waals surface area contributed by atoms with Crippen molar-refractivity contribution in [3.05, 3.63) is 28.2 Å². The molecule has 1 heterocycles. The first kappa shape index (κ1) is 15.2. The van der Waals surface area contributed by atoms with E-state index in [2.05, 4.69) is 21.2 Å². The van der Waals surface area contributed by atoms with Gasteiger partial charge in [-0.25, -0.2) is 0 Å². The minimum atomic E-state index is -4.33. The molecular weight excluding hydrogens is 345 g/mol. The van der Waals surface area contributed by atoms with Crippen molar-refractivity contribution in [1.29, 1.82) is 0 Å². The number of hydrogen-bond donors (Lipinski definition) is 1. The Balaban J connectivity index is 1.94. The van der Waals surface area contributed by atoms with Gasteiger partial charge in [-0.15, -0.1) is 0 Å². The average molecular weight is 363 g/mol. The second-order valence-electron chi connectivity index (χ2n) is 6.01. The second-order valence-corrected chi connectivity index (χ2v) is 6.93. The zero-order valence-corrected chi connectivity index (χ0v) is 13.3. The number of halogens is 4. The van der Waals surface area contributed by atoms with Crippen LogP contribution in [0.5, 0.6) is 0 Å². The molecule has 21 heavy (non-hydrogen) atoms. The first-order valence-corrected chi connectivity index (χ1v) is 8.02. The van der Waals surface area contributed by atoms with E-state index < -0.39 is 11.7 Å². The number of anilines is 1. The summed E-state index contributed by atoms with van der Waals surface area (Å²) in [5.74, 6) is 0.629. The molecular formula is C15H18BrF3N2. The molecule has 6 heteroatoms. The summed E-state index contributed by atoms with van der Waals surface area (Å²) >= 11 is 3.14. The summed E-state index contributed by atoms with van der Waals surface area (Å²) in [7, 11) is 0. The highest BCUT2D eigenvalue weighted by Gasteiger charge is 2.40. The third-order valence-corrected chi connectivity index (χ3v) is 4.86. The van der Waals surface area contributed by atoms with Crippen molar-refractivity contribution < 1.29 is 13.2 Å². The Bertz CT molecular complexity index is 528. The summed E-state index contributed by atoms with van der Waals surface area (Å²) in [6.45, 7) is 3.35. The minimum Gasteiger partial charge on any atom is -0.365 e. The van der Waals surface area contributed by atoms with Gasteiger partial charge in [-0.1, -0.05) is 15.9 Å². The molecule has 116 valence electrons. The number of hydrogen-bond acceptors (Lipinski definition) is 2. The first-order valence-electron chi connectivity index (χ1n) is 7.23. The summed E-state index contributed by atoms with van der Waals surface area (Å²) in [6.07, 6.45) is -1.96. The maximum absolute atomic E-state index is 13.3. The maximum atomic E-state index is 13.3. The van der Waals surface area contributed by atoms with Crippen LogP contribution >= 0.6 is 15.9 Å². The highest BCUT2D eigenvalue weighted by Crippen LogP contribution is 2.41. The van der Waals surface area contributed by atoms with Crippen LogP contribution in [0.3, 0.4) is 0 Å². The molecule has 0 spiro atoms. The maximum Gasteiger partial charge on any atom is 0.418 e. The third kappa shape index (κ3) is 3.21. The minimum absolute atomic E-state index is 0.0577. The van der Waals surface area contributed by atoms with Crippen LogP contribution in [-0.4, -0.2) is 25.2 Å². The Hall–Kier alpha value is -0.750. The van der Waals surface area contributed by atoms with Crippen molar-refractivity contribution in [2.75, 3.05) is 18.0 Å². The number of benzene rings is 1. The number of piperazine rings is 1. The van der Waals surface area contributed by atoms with Crippen molar-refractivity contribution in [2.45, 2.75) is 38.0 Å². The van der Waals surface area contributed by atoms with Gasteiger partial charge >= 0.3 is 6.18 Å². The summed E-state index contributed by atoms with van der Waals surface area (Å²) in [4.78, 5) is 1.91. The van der Waals surface area contributed by atoms with E-state index in [1.54, 1.807) is 12.1 Å². The standard InChI is InChI=1S/C15H18BrF3N2/c1-9-7-20-13(10-2-3-10)8-21(9)14-5-4-11(16)6-12(14)15(17,18)19/h4-6,9-10,13,20H,2-3,7-8H2,1H3. The average Bonchev–Trinajstić information content (AvgIpc) is 3.23. The molecule has 3 rings (SSSR count). The molecule has 0 radical (unpaired) electrons. The highest BCUT2D eigenvalue weighted by molar-refractivity contribution is 9.10. The van der Waals surface area contributed by atoms with E-state index in [0.29, 0.717) is 28.7 Å². The van der Waals surface area contributed by atoms with Crippen molar-refractivity contribution in [2.24, 2.45) is 5.92 Å². The zero-order chi connectivity index (χ0) is 15.2. The summed E-state index contributed by atoms with van der Waals surface area (Å²) in [6, 6.07) is 4.81. The van der Waals surface area contributed by atoms with Crippen molar-refractivity contribution in [1.82, 2.24) is 5.32 Å². The monoisotopic (exact) mass is 362 g/mol. The van der Waals surface area contributed by atoms with Gasteiger partial charge in [-0.05, 0) is 43.9 Å². The fourth-order valence-electron chi connectivity index (χ4n) is 3.02. The lowest BCUT2D eigenvalue weighted by Crippen LogP contribution is -2.56. The summed E-state index contributed by atoms with van der Waals surface area (Å²) < 4.78 is 40.4. The Morgan fingerprint density at radius 1 is 1.29 bits per heavy atom. The van der Waals surface area contributed by atoms with E-state index >= 15 is 0 Å². The second kappa shape index (κ2) is 5.47. The van der Waals surface area contributed by atoms with Crippen molar-refractivity contribution in [3.8, 4) is 0 Å². The van der Waals surface area contributed by atoms with Gasteiger partial charge in [0, 0.05) is 35.3 Å². The Kier molecular flexibility index (Phi) is 3.94. The predicted octanol–water partition coefficient (Wildman–Crippen LogP) is 4.04. The van der Waals surface area contributed by atoms with E-state index in [0.717, 1.165) is 6.54 Å². The lowest BCUT2D eigenvalue weighted by Gasteiger charge is -2.41. The van der Waals surface area contributed by atoms with Crippen LogP contribution < -0.4 is 10.2 Å². The predicted molar refractivity (Wildman–Crippen MR) is 80.5 cm³/mol. The van der Waals surface area contributed by atoms with E-state index in [1.165, 1.54) is 18.9 Å². The molecule has 2 aliphatic rings. The van der Waals surface area contributed by atoms with Crippen molar-refractivity contribution in [3.63, 3.8) is 0 Å². The van der Waals surface area contributed by atoms with Gasteiger partial charge in [0.1, 0.15) is 0 Å². The van der Waals surface area contributed by atoms with Gasteiger partial charge in [-0.3, -0.25) is 0 Å². The molecule has 1 saturated heterocycles. The quantitative estimate of drug-likeness (QED) is 0.853. The SMILES string of the molecule is CC1CNC(C2CC2)CN1c1ccc(Br)cc1C(F)(F)F. The Morgan fingerprint density at radius 2 is 2.00 bits per heavy atom. The van der Waals surface area contributed by atoms with Crippen LogP contribution in [0.25, 0.3) is 0 Å². The number of rotatable bonds is 2. The van der Waals surface area contributed by atoms with Crippen LogP contribution in [-0.2, 0) is 6.18 Å². The number of nitrogens with one attached hydrogen (secondary N) is 1. The fraction of sp³-hybridized carbons (Fsp3) is 0.600. The molecule has 2 fully saturated rings. The molecule has 1 aliphatic carbocycles. The Morgan fingerprint density at radius 3 is 2.62 bits per heavy atom. The largest absolute Gasteiger partial charge is 0.418 e. The molecule has 2 unspecified atom stereocenters. The normalized spacial score (nSPS) is 27.0. The van der Waals surface area contributed by atoms with Gasteiger partial charge in [0.2, 0.25) is 0 Å². The molecule has 0 aromatic heterocycles. The van der Waals surface area contributed by atoms with E-state index in [4.69, 9.17) is 0 Å². The highest BCUT2D eigenvalue weighted by atomic mass is 79.9. The Labute approximate surface area is 130 Å². The van der Waals surface area contributed by atoms with Crippen LogP contribution in [0.15, 0.2) is 22.7 Å². The molecule has 0 amide bonds. The van der Waals surface area contributed by atoms with E-state index in [-0.39, 0.29) is 6.04 Å². The fourth-order valence-corrected chi connectivity index (χ4v) is 3.39. The lowest BCUT2D eigenvalue weighted by molar-refractivity contribution is -0.137. The van der Waals surface area contributed by atoms with Crippen LogP contribution in [0.2, 0.25) is 0 Å². The zero-order valence-electron chi connectivity index (χ0n) is 11.8. The van der Waals surface area contributed by atoms with Gasteiger partial charge in [0.25, 0.3) is 0 Å². The van der Waals surface area contributed by atoms with Crippen molar-refractivity contribution >= 4 is 21.6 Å². The first-order chi connectivity index (χ1) is 9.86. The van der Waals surface area contributed by atoms with Gasteiger partial charge in [0.15, 0.2) is 0 Å². The number of alkyl halides is 3. The van der Waals surface area contributed by atoms with Crippen LogP contribution in [0.4, 0.5) is 18.9 Å². The number of nitrogens with zero attached hydrogens (tertiary/aromatic N) is 1. The molecule has 1 N–H and O–H groups in total. The summed E-state index contributed by atoms with van der Waals surface area (Å²) in [5, 5.41) is 3.47. The molecule has 1 aliphatic heterocycles. The lowest BCUT2D eigenvalue weighted by atomic mass is 10.0. The molecule has 0 bridgehead atoms. The van der Waals surface area contributed by atoms with Crippen LogP contribution in [0.1, 0.15) is 25.3 Å². The molecule has 1 saturated carbocycles. The van der Waals surface area contributed by atoms with Gasteiger partial charge in [-0.2, -0.15) is 13.2 Å². The third-order valence-electron chi connectivity index (χ3n) is 4.37. The van der Waals surface area contributed by atoms with E-state index in [1.807, 2.05) is 11.8 Å². The molecule has 2 atom stereocenters. The van der Waals surface area contributed by atoms with Gasteiger partial charge in [0.05, 0.1) is 5.56 Å². The molecule has 1 aromatic rings. The smallest absolute Gasteiger partial charge is 0.365 e.